The van der Waals surface area contributed by atoms with Gasteiger partial charge in [-0.05, 0) is 53.4 Å². The first-order valence-electron chi connectivity index (χ1n) is 6.65. The maximum atomic E-state index is 9.67. The van der Waals surface area contributed by atoms with E-state index in [1.807, 2.05) is 6.07 Å². The van der Waals surface area contributed by atoms with Crippen molar-refractivity contribution in [1.29, 1.82) is 0 Å². The van der Waals surface area contributed by atoms with E-state index in [1.165, 1.54) is 6.42 Å². The van der Waals surface area contributed by atoms with Crippen LogP contribution in [0.3, 0.4) is 0 Å². The summed E-state index contributed by atoms with van der Waals surface area (Å²) in [6, 6.07) is 5.16. The fourth-order valence-corrected chi connectivity index (χ4v) is 2.52. The second-order valence-electron chi connectivity index (χ2n) is 4.87. The largest absolute Gasteiger partial charge is 0.507 e. The summed E-state index contributed by atoms with van der Waals surface area (Å²) >= 11 is 3.24. The number of hydrogen-bond donors (Lipinski definition) is 1. The molecule has 1 aliphatic heterocycles. The van der Waals surface area contributed by atoms with Gasteiger partial charge in [-0.3, -0.25) is 0 Å². The summed E-state index contributed by atoms with van der Waals surface area (Å²) in [5, 5.41) is 13.7. The van der Waals surface area contributed by atoms with Crippen molar-refractivity contribution in [2.45, 2.75) is 31.8 Å². The normalized spacial score (nSPS) is 19.1. The molecule has 0 amide bonds. The molecule has 5 nitrogen and oxygen atoms in total. The molecule has 1 aromatic carbocycles. The highest BCUT2D eigenvalue weighted by Gasteiger charge is 2.18. The molecule has 2 heterocycles. The average molecular weight is 339 g/mol. The molecule has 1 unspecified atom stereocenters. The van der Waals surface area contributed by atoms with Crippen LogP contribution >= 0.6 is 15.9 Å². The van der Waals surface area contributed by atoms with Gasteiger partial charge in [-0.2, -0.15) is 4.98 Å². The number of nitrogens with zero attached hydrogens (tertiary/aromatic N) is 2. The van der Waals surface area contributed by atoms with E-state index < -0.39 is 0 Å². The van der Waals surface area contributed by atoms with Crippen LogP contribution in [0.4, 0.5) is 0 Å². The van der Waals surface area contributed by atoms with Crippen molar-refractivity contribution < 1.29 is 14.4 Å². The van der Waals surface area contributed by atoms with Crippen molar-refractivity contribution in [3.63, 3.8) is 0 Å². The molecule has 1 atom stereocenters. The topological polar surface area (TPSA) is 68.4 Å². The first-order valence-corrected chi connectivity index (χ1v) is 7.45. The van der Waals surface area contributed by atoms with Gasteiger partial charge in [-0.1, -0.05) is 5.16 Å². The maximum absolute atomic E-state index is 9.67. The lowest BCUT2D eigenvalue weighted by Gasteiger charge is -2.20. The van der Waals surface area contributed by atoms with Gasteiger partial charge in [-0.25, -0.2) is 0 Å². The second kappa shape index (κ2) is 5.93. The maximum Gasteiger partial charge on any atom is 0.258 e. The highest BCUT2D eigenvalue weighted by molar-refractivity contribution is 9.10. The van der Waals surface area contributed by atoms with Gasteiger partial charge in [0.25, 0.3) is 5.89 Å². The molecule has 2 aromatic rings. The molecule has 1 aromatic heterocycles. The Morgan fingerprint density at radius 2 is 2.25 bits per heavy atom. The number of aromatic nitrogens is 2. The zero-order valence-electron chi connectivity index (χ0n) is 10.9. The Morgan fingerprint density at radius 1 is 1.35 bits per heavy atom. The molecule has 1 saturated heterocycles. The molecule has 20 heavy (non-hydrogen) atoms. The highest BCUT2D eigenvalue weighted by Crippen LogP contribution is 2.29. The Morgan fingerprint density at radius 3 is 3.00 bits per heavy atom. The summed E-state index contributed by atoms with van der Waals surface area (Å²) in [6.45, 7) is 0.815. The molecule has 1 aliphatic rings. The van der Waals surface area contributed by atoms with Crippen LogP contribution in [-0.4, -0.2) is 28.0 Å². The quantitative estimate of drug-likeness (QED) is 0.929. The molecule has 0 radical (unpaired) electrons. The summed E-state index contributed by atoms with van der Waals surface area (Å²) in [5.41, 5.74) is 0.703. The number of benzene rings is 1. The van der Waals surface area contributed by atoms with Crippen LogP contribution in [0.25, 0.3) is 11.5 Å². The lowest BCUT2D eigenvalue weighted by atomic mass is 10.1. The minimum absolute atomic E-state index is 0.151. The predicted molar refractivity (Wildman–Crippen MR) is 76.4 cm³/mol. The fourth-order valence-electron chi connectivity index (χ4n) is 2.27. The fraction of sp³-hybridized carbons (Fsp3) is 0.429. The monoisotopic (exact) mass is 338 g/mol. The van der Waals surface area contributed by atoms with Gasteiger partial charge in [0.1, 0.15) is 5.75 Å². The average Bonchev–Trinajstić information content (AvgIpc) is 2.91. The Labute approximate surface area is 125 Å². The summed E-state index contributed by atoms with van der Waals surface area (Å²) in [5.74, 6) is 1.21. The van der Waals surface area contributed by atoms with Crippen LogP contribution in [0, 0.1) is 0 Å². The Balaban J connectivity index is 1.73. The van der Waals surface area contributed by atoms with Crippen molar-refractivity contribution in [3.8, 4) is 17.2 Å². The van der Waals surface area contributed by atoms with Gasteiger partial charge in [0.15, 0.2) is 5.82 Å². The summed E-state index contributed by atoms with van der Waals surface area (Å²) in [6.07, 6.45) is 4.23. The van der Waals surface area contributed by atoms with E-state index in [-0.39, 0.29) is 11.9 Å². The van der Waals surface area contributed by atoms with Gasteiger partial charge < -0.3 is 14.4 Å². The number of phenolic OH excluding ortho intramolecular Hbond substituents is 1. The van der Waals surface area contributed by atoms with E-state index in [1.54, 1.807) is 12.1 Å². The highest BCUT2D eigenvalue weighted by atomic mass is 79.9. The summed E-state index contributed by atoms with van der Waals surface area (Å²) in [4.78, 5) is 4.36. The number of halogens is 1. The van der Waals surface area contributed by atoms with Gasteiger partial charge in [0.2, 0.25) is 0 Å². The first kappa shape index (κ1) is 13.6. The SMILES string of the molecule is Oc1cc(-c2nc(CC3CCCCO3)no2)ccc1Br. The smallest absolute Gasteiger partial charge is 0.258 e. The molecule has 0 spiro atoms. The first-order chi connectivity index (χ1) is 9.72. The van der Waals surface area contributed by atoms with Crippen LogP contribution in [0.2, 0.25) is 0 Å². The van der Waals surface area contributed by atoms with Crippen molar-refractivity contribution >= 4 is 15.9 Å². The molecule has 0 bridgehead atoms. The zero-order chi connectivity index (χ0) is 13.9. The van der Waals surface area contributed by atoms with E-state index in [2.05, 4.69) is 26.1 Å². The van der Waals surface area contributed by atoms with Crippen LogP contribution in [0.5, 0.6) is 5.75 Å². The van der Waals surface area contributed by atoms with Crippen molar-refractivity contribution in [1.82, 2.24) is 10.1 Å². The van der Waals surface area contributed by atoms with E-state index in [9.17, 15) is 5.11 Å². The van der Waals surface area contributed by atoms with Crippen LogP contribution in [-0.2, 0) is 11.2 Å². The van der Waals surface area contributed by atoms with Gasteiger partial charge in [0.05, 0.1) is 10.6 Å². The summed E-state index contributed by atoms with van der Waals surface area (Å²) < 4.78 is 11.5. The van der Waals surface area contributed by atoms with Crippen molar-refractivity contribution in [2.75, 3.05) is 6.61 Å². The van der Waals surface area contributed by atoms with E-state index in [4.69, 9.17) is 9.26 Å². The van der Waals surface area contributed by atoms with Crippen molar-refractivity contribution in [3.05, 3.63) is 28.5 Å². The lowest BCUT2D eigenvalue weighted by Crippen LogP contribution is -2.21. The van der Waals surface area contributed by atoms with Gasteiger partial charge in [-0.15, -0.1) is 0 Å². The summed E-state index contributed by atoms with van der Waals surface area (Å²) in [7, 11) is 0. The molecule has 1 N–H and O–H groups in total. The van der Waals surface area contributed by atoms with Crippen LogP contribution < -0.4 is 0 Å². The zero-order valence-corrected chi connectivity index (χ0v) is 12.5. The molecule has 106 valence electrons. The molecule has 1 fully saturated rings. The molecular weight excluding hydrogens is 324 g/mol. The molecule has 0 saturated carbocycles. The van der Waals surface area contributed by atoms with E-state index in [0.29, 0.717) is 28.2 Å². The predicted octanol–water partition coefficient (Wildman–Crippen LogP) is 3.32. The van der Waals surface area contributed by atoms with Crippen LogP contribution in [0.1, 0.15) is 25.1 Å². The van der Waals surface area contributed by atoms with Crippen molar-refractivity contribution in [2.24, 2.45) is 0 Å². The Bertz CT molecular complexity index is 594. The number of rotatable bonds is 3. The molecular formula is C14H15BrN2O3. The van der Waals surface area contributed by atoms with Crippen LogP contribution in [0.15, 0.2) is 27.2 Å². The molecule has 6 heteroatoms. The number of hydrogen-bond acceptors (Lipinski definition) is 5. The Hall–Kier alpha value is -1.40. The van der Waals surface area contributed by atoms with E-state index in [0.717, 1.165) is 19.4 Å². The third kappa shape index (κ3) is 3.02. The minimum atomic E-state index is 0.151. The third-order valence-electron chi connectivity index (χ3n) is 3.35. The standard InChI is InChI=1S/C14H15BrN2O3/c15-11-5-4-9(7-12(11)18)14-16-13(17-20-14)8-10-3-1-2-6-19-10/h4-5,7,10,18H,1-3,6,8H2. The van der Waals surface area contributed by atoms with E-state index >= 15 is 0 Å². The van der Waals surface area contributed by atoms with Gasteiger partial charge in [0, 0.05) is 18.6 Å². The molecule has 3 rings (SSSR count). The Kier molecular flexibility index (Phi) is 4.03. The third-order valence-corrected chi connectivity index (χ3v) is 4.02. The van der Waals surface area contributed by atoms with Gasteiger partial charge >= 0.3 is 0 Å². The number of aromatic hydroxyl groups is 1. The molecule has 0 aliphatic carbocycles. The number of ether oxygens (including phenoxy) is 1. The lowest BCUT2D eigenvalue weighted by molar-refractivity contribution is 0.0153. The second-order valence-corrected chi connectivity index (χ2v) is 5.73. The number of phenols is 1. The minimum Gasteiger partial charge on any atom is -0.507 e.